The van der Waals surface area contributed by atoms with Crippen molar-refractivity contribution in [2.24, 2.45) is 10.4 Å². The van der Waals surface area contributed by atoms with Crippen LogP contribution in [0.25, 0.3) is 0 Å². The second-order valence-corrected chi connectivity index (χ2v) is 7.64. The lowest BCUT2D eigenvalue weighted by Crippen LogP contribution is -2.30. The summed E-state index contributed by atoms with van der Waals surface area (Å²) in [6.45, 7) is 6.63. The zero-order chi connectivity index (χ0) is 14.0. The van der Waals surface area contributed by atoms with E-state index in [9.17, 15) is 4.39 Å². The van der Waals surface area contributed by atoms with E-state index >= 15 is 0 Å². The van der Waals surface area contributed by atoms with Gasteiger partial charge >= 0.3 is 0 Å². The van der Waals surface area contributed by atoms with Gasteiger partial charge in [-0.1, -0.05) is 32.5 Å². The molecule has 0 amide bonds. The van der Waals surface area contributed by atoms with Crippen LogP contribution in [0, 0.1) is 11.2 Å². The van der Waals surface area contributed by atoms with Crippen molar-refractivity contribution in [2.75, 3.05) is 11.1 Å². The summed E-state index contributed by atoms with van der Waals surface area (Å²) < 4.78 is 13.8. The number of hydrogen-bond acceptors (Lipinski definition) is 3. The van der Waals surface area contributed by atoms with Crippen molar-refractivity contribution in [2.45, 2.75) is 33.2 Å². The summed E-state index contributed by atoms with van der Waals surface area (Å²) in [4.78, 5) is 4.77. The van der Waals surface area contributed by atoms with Crippen molar-refractivity contribution in [1.82, 2.24) is 0 Å². The first kappa shape index (κ1) is 14.9. The molecule has 1 atom stereocenters. The van der Waals surface area contributed by atoms with Gasteiger partial charge in [0.1, 0.15) is 5.82 Å². The molecule has 0 radical (unpaired) electrons. The molecule has 1 aromatic rings. The Morgan fingerprint density at radius 1 is 1.42 bits per heavy atom. The van der Waals surface area contributed by atoms with Crippen molar-refractivity contribution in [3.63, 3.8) is 0 Å². The van der Waals surface area contributed by atoms with Gasteiger partial charge in [0.25, 0.3) is 0 Å². The second-order valence-electron chi connectivity index (χ2n) is 5.70. The molecule has 0 saturated carbocycles. The van der Waals surface area contributed by atoms with E-state index in [4.69, 9.17) is 4.99 Å². The third-order valence-electron chi connectivity index (χ3n) is 3.08. The van der Waals surface area contributed by atoms with Crippen molar-refractivity contribution >= 4 is 38.5 Å². The maximum atomic E-state index is 13.1. The van der Waals surface area contributed by atoms with Crippen molar-refractivity contribution in [3.05, 3.63) is 28.5 Å². The molecule has 104 valence electrons. The molecule has 19 heavy (non-hydrogen) atoms. The molecular formula is C14H18BrFN2S. The molecule has 1 unspecified atom stereocenters. The van der Waals surface area contributed by atoms with Gasteiger partial charge in [0, 0.05) is 10.2 Å². The molecule has 1 aromatic carbocycles. The highest BCUT2D eigenvalue weighted by atomic mass is 79.9. The molecule has 5 heteroatoms. The monoisotopic (exact) mass is 344 g/mol. The molecule has 1 aliphatic rings. The predicted octanol–water partition coefficient (Wildman–Crippen LogP) is 4.91. The van der Waals surface area contributed by atoms with Crippen LogP contribution in [0.5, 0.6) is 0 Å². The van der Waals surface area contributed by atoms with E-state index in [0.717, 1.165) is 23.0 Å². The number of aliphatic imine (C=N–C) groups is 1. The van der Waals surface area contributed by atoms with Gasteiger partial charge in [-0.25, -0.2) is 4.39 Å². The molecule has 0 bridgehead atoms. The van der Waals surface area contributed by atoms with E-state index in [1.807, 2.05) is 0 Å². The third kappa shape index (κ3) is 3.96. The zero-order valence-corrected chi connectivity index (χ0v) is 13.7. The molecule has 1 heterocycles. The third-order valence-corrected chi connectivity index (χ3v) is 4.65. The van der Waals surface area contributed by atoms with E-state index < -0.39 is 0 Å². The Kier molecular flexibility index (Phi) is 4.56. The number of nitrogens with zero attached hydrogens (tertiary/aromatic N) is 1. The first-order chi connectivity index (χ1) is 8.86. The lowest BCUT2D eigenvalue weighted by Gasteiger charge is -2.31. The van der Waals surface area contributed by atoms with Gasteiger partial charge in [-0.3, -0.25) is 4.99 Å². The highest BCUT2D eigenvalue weighted by Crippen LogP contribution is 2.32. The number of thioether (sulfide) groups is 1. The Hall–Kier alpha value is -0.550. The van der Waals surface area contributed by atoms with Crippen LogP contribution in [0.15, 0.2) is 27.7 Å². The molecule has 2 rings (SSSR count). The van der Waals surface area contributed by atoms with Crippen LogP contribution in [-0.4, -0.2) is 17.0 Å². The highest BCUT2D eigenvalue weighted by molar-refractivity contribution is 9.10. The van der Waals surface area contributed by atoms with Gasteiger partial charge in [0.05, 0.1) is 11.7 Å². The molecule has 0 aromatic heterocycles. The van der Waals surface area contributed by atoms with E-state index in [-0.39, 0.29) is 11.2 Å². The topological polar surface area (TPSA) is 24.4 Å². The zero-order valence-electron chi connectivity index (χ0n) is 11.3. The van der Waals surface area contributed by atoms with Crippen LogP contribution < -0.4 is 5.32 Å². The minimum atomic E-state index is -0.247. The predicted molar refractivity (Wildman–Crippen MR) is 85.5 cm³/mol. The van der Waals surface area contributed by atoms with Gasteiger partial charge in [0.2, 0.25) is 0 Å². The van der Waals surface area contributed by atoms with E-state index in [2.05, 4.69) is 42.0 Å². The fourth-order valence-corrected chi connectivity index (χ4v) is 3.28. The van der Waals surface area contributed by atoms with Crippen molar-refractivity contribution < 1.29 is 4.39 Å². The molecule has 0 spiro atoms. The van der Waals surface area contributed by atoms with Gasteiger partial charge in [-0.2, -0.15) is 0 Å². The number of nitrogens with one attached hydrogen (secondary N) is 1. The standard InChI is InChI=1S/C14H18BrFN2S/c1-14(2,3)12-6-7-19-13(18-12)17-11-5-4-9(16)8-10(11)15/h4-5,8,12H,6-7H2,1-3H3,(H,17,18). The van der Waals surface area contributed by atoms with Crippen LogP contribution in [0.4, 0.5) is 10.1 Å². The largest absolute Gasteiger partial charge is 0.334 e. The summed E-state index contributed by atoms with van der Waals surface area (Å²) in [6.07, 6.45) is 1.10. The summed E-state index contributed by atoms with van der Waals surface area (Å²) in [6, 6.07) is 4.96. The van der Waals surface area contributed by atoms with Gasteiger partial charge in [-0.05, 0) is 46.0 Å². The average Bonchev–Trinajstić information content (AvgIpc) is 2.32. The fraction of sp³-hybridized carbons (Fsp3) is 0.500. The number of halogens is 2. The van der Waals surface area contributed by atoms with Crippen LogP contribution in [0.2, 0.25) is 0 Å². The number of rotatable bonds is 1. The van der Waals surface area contributed by atoms with E-state index in [1.165, 1.54) is 12.1 Å². The molecule has 1 N–H and O–H groups in total. The lowest BCUT2D eigenvalue weighted by atomic mass is 9.85. The highest BCUT2D eigenvalue weighted by Gasteiger charge is 2.27. The average molecular weight is 345 g/mol. The summed E-state index contributed by atoms with van der Waals surface area (Å²) in [5, 5.41) is 4.19. The number of benzene rings is 1. The first-order valence-corrected chi connectivity index (χ1v) is 8.07. The first-order valence-electron chi connectivity index (χ1n) is 6.29. The smallest absolute Gasteiger partial charge is 0.161 e. The quantitative estimate of drug-likeness (QED) is 0.782. The SMILES string of the molecule is CC(C)(C)C1CCSC(Nc2ccc(F)cc2Br)=N1. The normalized spacial score (nSPS) is 20.1. The lowest BCUT2D eigenvalue weighted by molar-refractivity contribution is 0.316. The van der Waals surface area contributed by atoms with Crippen molar-refractivity contribution in [1.29, 1.82) is 0 Å². The van der Waals surface area contributed by atoms with Crippen LogP contribution in [0.1, 0.15) is 27.2 Å². The summed E-state index contributed by atoms with van der Waals surface area (Å²) in [5.74, 6) is 0.815. The number of amidine groups is 1. The Bertz CT molecular complexity index is 497. The Balaban J connectivity index is 2.16. The molecule has 1 aliphatic heterocycles. The maximum Gasteiger partial charge on any atom is 0.161 e. The Morgan fingerprint density at radius 3 is 2.79 bits per heavy atom. The minimum absolute atomic E-state index is 0.175. The molecule has 0 aliphatic carbocycles. The van der Waals surface area contributed by atoms with Crippen LogP contribution in [-0.2, 0) is 0 Å². The Morgan fingerprint density at radius 2 is 2.16 bits per heavy atom. The van der Waals surface area contributed by atoms with Gasteiger partial charge in [-0.15, -0.1) is 0 Å². The van der Waals surface area contributed by atoms with Crippen LogP contribution in [0.3, 0.4) is 0 Å². The molecule has 0 saturated heterocycles. The molecular weight excluding hydrogens is 327 g/mol. The van der Waals surface area contributed by atoms with Crippen LogP contribution >= 0.6 is 27.7 Å². The number of hydrogen-bond donors (Lipinski definition) is 1. The minimum Gasteiger partial charge on any atom is -0.334 e. The summed E-state index contributed by atoms with van der Waals surface area (Å²) in [5.41, 5.74) is 1.02. The fourth-order valence-electron chi connectivity index (χ4n) is 1.91. The summed E-state index contributed by atoms with van der Waals surface area (Å²) >= 11 is 5.08. The maximum absolute atomic E-state index is 13.1. The summed E-state index contributed by atoms with van der Waals surface area (Å²) in [7, 11) is 0. The van der Waals surface area contributed by atoms with E-state index in [0.29, 0.717) is 10.5 Å². The second kappa shape index (κ2) is 5.83. The molecule has 2 nitrogen and oxygen atoms in total. The van der Waals surface area contributed by atoms with Crippen molar-refractivity contribution in [3.8, 4) is 0 Å². The Labute approximate surface area is 126 Å². The van der Waals surface area contributed by atoms with Gasteiger partial charge < -0.3 is 5.32 Å². The van der Waals surface area contributed by atoms with Gasteiger partial charge in [0.15, 0.2) is 5.17 Å². The number of anilines is 1. The molecule has 0 fully saturated rings. The van der Waals surface area contributed by atoms with E-state index in [1.54, 1.807) is 17.8 Å².